The van der Waals surface area contributed by atoms with Crippen LogP contribution in [0.3, 0.4) is 0 Å². The van der Waals surface area contributed by atoms with Gasteiger partial charge in [0, 0.05) is 7.05 Å². The van der Waals surface area contributed by atoms with Gasteiger partial charge in [0.05, 0.1) is 28.6 Å². The molecule has 2 aromatic rings. The number of fused-ring (bicyclic) bond motifs is 1. The number of nitrogens with one attached hydrogen (secondary N) is 1. The minimum absolute atomic E-state index is 0.194. The van der Waals surface area contributed by atoms with E-state index in [2.05, 4.69) is 5.32 Å². The second-order valence-corrected chi connectivity index (χ2v) is 8.91. The first-order chi connectivity index (χ1) is 13.2. The largest absolute Gasteiger partial charge is 0.486 e. The standard InChI is InChI=1S/C19H21ClN2O5S/c1-12(13-4-7-17-18(10-13)27-9-8-26-17)21-19(23)15-11-14(5-6-16(15)20)22(2)28(3,24)25/h4-7,10-12H,8-9H2,1-3H3,(H,21,23). The Kier molecular flexibility index (Phi) is 5.71. The number of carbonyl (C=O) groups excluding carboxylic acids is 1. The summed E-state index contributed by atoms with van der Waals surface area (Å²) < 4.78 is 35.7. The Hall–Kier alpha value is -2.45. The lowest BCUT2D eigenvalue weighted by atomic mass is 10.1. The highest BCUT2D eigenvalue weighted by atomic mass is 35.5. The van der Waals surface area contributed by atoms with E-state index in [9.17, 15) is 13.2 Å². The van der Waals surface area contributed by atoms with Crippen molar-refractivity contribution in [3.05, 3.63) is 52.5 Å². The molecule has 1 unspecified atom stereocenters. The average molecular weight is 425 g/mol. The van der Waals surface area contributed by atoms with Gasteiger partial charge in [-0.1, -0.05) is 17.7 Å². The van der Waals surface area contributed by atoms with Gasteiger partial charge in [0.1, 0.15) is 13.2 Å². The molecular formula is C19H21ClN2O5S. The first-order valence-electron chi connectivity index (χ1n) is 8.60. The van der Waals surface area contributed by atoms with Gasteiger partial charge in [-0.15, -0.1) is 0 Å². The average Bonchev–Trinajstić information content (AvgIpc) is 2.66. The lowest BCUT2D eigenvalue weighted by molar-refractivity contribution is 0.0940. The van der Waals surface area contributed by atoms with Crippen molar-refractivity contribution in [3.63, 3.8) is 0 Å². The normalized spacial score (nSPS) is 14.3. The minimum atomic E-state index is -3.45. The van der Waals surface area contributed by atoms with Crippen molar-refractivity contribution in [3.8, 4) is 11.5 Å². The smallest absolute Gasteiger partial charge is 0.253 e. The molecule has 28 heavy (non-hydrogen) atoms. The Morgan fingerprint density at radius 3 is 2.50 bits per heavy atom. The molecule has 1 atom stereocenters. The van der Waals surface area contributed by atoms with E-state index in [1.165, 1.54) is 19.2 Å². The summed E-state index contributed by atoms with van der Waals surface area (Å²) in [5.41, 5.74) is 1.39. The molecule has 3 rings (SSSR count). The maximum Gasteiger partial charge on any atom is 0.253 e. The van der Waals surface area contributed by atoms with Gasteiger partial charge in [-0.2, -0.15) is 0 Å². The number of ether oxygens (including phenoxy) is 2. The van der Waals surface area contributed by atoms with E-state index in [0.717, 1.165) is 16.1 Å². The molecule has 0 saturated heterocycles. The lowest BCUT2D eigenvalue weighted by Crippen LogP contribution is -2.28. The van der Waals surface area contributed by atoms with Gasteiger partial charge in [-0.25, -0.2) is 8.42 Å². The Morgan fingerprint density at radius 2 is 1.82 bits per heavy atom. The third-order valence-corrected chi connectivity index (χ3v) is 6.00. The van der Waals surface area contributed by atoms with Crippen molar-refractivity contribution in [2.24, 2.45) is 0 Å². The Labute approximate surface area is 169 Å². The van der Waals surface area contributed by atoms with Crippen LogP contribution < -0.4 is 19.1 Å². The summed E-state index contributed by atoms with van der Waals surface area (Å²) in [5.74, 6) is 0.906. The van der Waals surface area contributed by atoms with E-state index in [0.29, 0.717) is 30.4 Å². The van der Waals surface area contributed by atoms with Crippen molar-refractivity contribution >= 4 is 33.2 Å². The number of nitrogens with zero attached hydrogens (tertiary/aromatic N) is 1. The second kappa shape index (κ2) is 7.89. The Balaban J connectivity index is 1.81. The number of anilines is 1. The molecule has 150 valence electrons. The first kappa shape index (κ1) is 20.3. The van der Waals surface area contributed by atoms with E-state index in [4.69, 9.17) is 21.1 Å². The molecule has 1 heterocycles. The van der Waals surface area contributed by atoms with Crippen LogP contribution in [0.2, 0.25) is 5.02 Å². The van der Waals surface area contributed by atoms with Crippen LogP contribution in [-0.2, 0) is 10.0 Å². The summed E-state index contributed by atoms with van der Waals surface area (Å²) in [6.45, 7) is 2.83. The molecule has 0 aliphatic carbocycles. The van der Waals surface area contributed by atoms with Crippen molar-refractivity contribution in [1.29, 1.82) is 0 Å². The Bertz CT molecular complexity index is 1010. The predicted octanol–water partition coefficient (Wildman–Crippen LogP) is 3.00. The number of carbonyl (C=O) groups is 1. The lowest BCUT2D eigenvalue weighted by Gasteiger charge is -2.21. The van der Waals surface area contributed by atoms with Crippen LogP contribution in [0.5, 0.6) is 11.5 Å². The molecular weight excluding hydrogens is 404 g/mol. The van der Waals surface area contributed by atoms with Crippen molar-refractivity contribution in [2.45, 2.75) is 13.0 Å². The van der Waals surface area contributed by atoms with E-state index in [-0.39, 0.29) is 16.6 Å². The zero-order valence-corrected chi connectivity index (χ0v) is 17.3. The van der Waals surface area contributed by atoms with Gasteiger partial charge >= 0.3 is 0 Å². The molecule has 9 heteroatoms. The van der Waals surface area contributed by atoms with Gasteiger partial charge < -0.3 is 14.8 Å². The number of hydrogen-bond donors (Lipinski definition) is 1. The fourth-order valence-electron chi connectivity index (χ4n) is 2.76. The molecule has 7 nitrogen and oxygen atoms in total. The van der Waals surface area contributed by atoms with E-state index in [1.807, 2.05) is 19.1 Å². The highest BCUT2D eigenvalue weighted by molar-refractivity contribution is 7.92. The van der Waals surface area contributed by atoms with Crippen LogP contribution in [0.15, 0.2) is 36.4 Å². The fraction of sp³-hybridized carbons (Fsp3) is 0.316. The van der Waals surface area contributed by atoms with Crippen LogP contribution >= 0.6 is 11.6 Å². The van der Waals surface area contributed by atoms with E-state index < -0.39 is 15.9 Å². The second-order valence-electron chi connectivity index (χ2n) is 6.49. The molecule has 0 spiro atoms. The molecule has 0 aromatic heterocycles. The predicted molar refractivity (Wildman–Crippen MR) is 108 cm³/mol. The SMILES string of the molecule is CC(NC(=O)c1cc(N(C)S(C)(=O)=O)ccc1Cl)c1ccc2c(c1)OCCO2. The number of halogens is 1. The van der Waals surface area contributed by atoms with Crippen LogP contribution in [0.1, 0.15) is 28.9 Å². The summed E-state index contributed by atoms with van der Waals surface area (Å²) in [7, 11) is -2.04. The highest BCUT2D eigenvalue weighted by Crippen LogP contribution is 2.33. The molecule has 1 N–H and O–H groups in total. The number of benzene rings is 2. The van der Waals surface area contributed by atoms with E-state index >= 15 is 0 Å². The van der Waals surface area contributed by atoms with Gasteiger partial charge in [0.2, 0.25) is 10.0 Å². The molecule has 1 amide bonds. The van der Waals surface area contributed by atoms with Gasteiger partial charge in [0.15, 0.2) is 11.5 Å². The van der Waals surface area contributed by atoms with Crippen molar-refractivity contribution in [1.82, 2.24) is 5.32 Å². The van der Waals surface area contributed by atoms with Crippen LogP contribution in [0, 0.1) is 0 Å². The first-order valence-corrected chi connectivity index (χ1v) is 10.8. The third-order valence-electron chi connectivity index (χ3n) is 4.47. The van der Waals surface area contributed by atoms with Crippen LogP contribution in [-0.4, -0.2) is 40.8 Å². The van der Waals surface area contributed by atoms with Gasteiger partial charge in [0.25, 0.3) is 5.91 Å². The molecule has 0 saturated carbocycles. The Morgan fingerprint density at radius 1 is 1.14 bits per heavy atom. The van der Waals surface area contributed by atoms with E-state index in [1.54, 1.807) is 12.1 Å². The quantitative estimate of drug-likeness (QED) is 0.797. The van der Waals surface area contributed by atoms with Crippen LogP contribution in [0.25, 0.3) is 0 Å². The highest BCUT2D eigenvalue weighted by Gasteiger charge is 2.20. The molecule has 1 aliphatic rings. The monoisotopic (exact) mass is 424 g/mol. The molecule has 2 aromatic carbocycles. The number of amides is 1. The summed E-state index contributed by atoms with van der Waals surface area (Å²) in [5, 5.41) is 3.11. The summed E-state index contributed by atoms with van der Waals surface area (Å²) >= 11 is 6.17. The number of rotatable bonds is 5. The summed E-state index contributed by atoms with van der Waals surface area (Å²) in [6, 6.07) is 9.67. The maximum atomic E-state index is 12.7. The third kappa shape index (κ3) is 4.34. The summed E-state index contributed by atoms with van der Waals surface area (Å²) in [4.78, 5) is 12.7. The number of hydrogen-bond acceptors (Lipinski definition) is 5. The van der Waals surface area contributed by atoms with Crippen molar-refractivity contribution < 1.29 is 22.7 Å². The molecule has 0 bridgehead atoms. The van der Waals surface area contributed by atoms with Gasteiger partial charge in [-0.3, -0.25) is 9.10 Å². The zero-order valence-electron chi connectivity index (χ0n) is 15.7. The number of sulfonamides is 1. The molecule has 0 fully saturated rings. The summed E-state index contributed by atoms with van der Waals surface area (Å²) in [6.07, 6.45) is 1.09. The zero-order chi connectivity index (χ0) is 20.5. The van der Waals surface area contributed by atoms with Crippen molar-refractivity contribution in [2.75, 3.05) is 30.8 Å². The molecule has 1 aliphatic heterocycles. The fourth-order valence-corrected chi connectivity index (χ4v) is 3.46. The topological polar surface area (TPSA) is 84.9 Å². The van der Waals surface area contributed by atoms with Crippen LogP contribution in [0.4, 0.5) is 5.69 Å². The molecule has 0 radical (unpaired) electrons. The minimum Gasteiger partial charge on any atom is -0.486 e. The maximum absolute atomic E-state index is 12.7. The van der Waals surface area contributed by atoms with Gasteiger partial charge in [-0.05, 0) is 42.8 Å².